The Labute approximate surface area is 198 Å². The maximum Gasteiger partial charge on any atom is 0.163 e. The van der Waals surface area contributed by atoms with E-state index in [1.165, 1.54) is 23.4 Å². The largest absolute Gasteiger partial charge is 0.367 e. The van der Waals surface area contributed by atoms with Crippen molar-refractivity contribution in [2.24, 2.45) is 0 Å². The Morgan fingerprint density at radius 2 is 1.85 bits per heavy atom. The van der Waals surface area contributed by atoms with E-state index in [0.29, 0.717) is 0 Å². The van der Waals surface area contributed by atoms with Gasteiger partial charge in [-0.05, 0) is 69.3 Å². The van der Waals surface area contributed by atoms with Crippen molar-refractivity contribution < 1.29 is 0 Å². The zero-order chi connectivity index (χ0) is 22.6. The van der Waals surface area contributed by atoms with Crippen LogP contribution in [-0.2, 0) is 5.41 Å². The number of hydrogen-bond donors (Lipinski definition) is 1. The quantitative estimate of drug-likeness (QED) is 0.561. The molecule has 3 aliphatic rings. The molecule has 8 heteroatoms. The lowest BCUT2D eigenvalue weighted by molar-refractivity contribution is 0.313. The predicted molar refractivity (Wildman–Crippen MR) is 131 cm³/mol. The highest BCUT2D eigenvalue weighted by Gasteiger charge is 2.45. The molecule has 0 spiro atoms. The van der Waals surface area contributed by atoms with Gasteiger partial charge in [0.2, 0.25) is 0 Å². The van der Waals surface area contributed by atoms with Gasteiger partial charge in [0, 0.05) is 49.0 Å². The first kappa shape index (κ1) is 21.0. The second kappa shape index (κ2) is 7.73. The number of rotatable bonds is 6. The first-order valence-electron chi connectivity index (χ1n) is 11.8. The molecule has 0 atom stereocenters. The van der Waals surface area contributed by atoms with E-state index >= 15 is 0 Å². The van der Waals surface area contributed by atoms with Crippen LogP contribution in [0.25, 0.3) is 17.0 Å². The number of nitriles is 1. The average molecular weight is 460 g/mol. The Morgan fingerprint density at radius 3 is 2.48 bits per heavy atom. The Kier molecular flexibility index (Phi) is 4.91. The van der Waals surface area contributed by atoms with Gasteiger partial charge in [0.05, 0.1) is 28.9 Å². The molecule has 0 radical (unpaired) electrons. The van der Waals surface area contributed by atoms with E-state index in [-0.39, 0.29) is 11.0 Å². The van der Waals surface area contributed by atoms with Gasteiger partial charge in [0.1, 0.15) is 5.69 Å². The number of nitrogens with zero attached hydrogens (tertiary/aromatic N) is 6. The molecular formula is C25H29N7S. The molecule has 170 valence electrons. The fourth-order valence-corrected chi connectivity index (χ4v) is 5.37. The van der Waals surface area contributed by atoms with Crippen LogP contribution in [0.5, 0.6) is 0 Å². The minimum Gasteiger partial charge on any atom is -0.367 e. The van der Waals surface area contributed by atoms with Crippen molar-refractivity contribution in [2.45, 2.75) is 48.5 Å². The van der Waals surface area contributed by atoms with Crippen LogP contribution in [0.1, 0.15) is 38.2 Å². The van der Waals surface area contributed by atoms with Gasteiger partial charge in [0.25, 0.3) is 0 Å². The molecule has 0 amide bonds. The monoisotopic (exact) mass is 459 g/mol. The third kappa shape index (κ3) is 3.88. The van der Waals surface area contributed by atoms with E-state index in [1.54, 1.807) is 11.9 Å². The van der Waals surface area contributed by atoms with Gasteiger partial charge in [-0.15, -0.1) is 0 Å². The summed E-state index contributed by atoms with van der Waals surface area (Å²) in [6, 6.07) is 8.83. The summed E-state index contributed by atoms with van der Waals surface area (Å²) in [4.78, 5) is 15.6. The van der Waals surface area contributed by atoms with Crippen molar-refractivity contribution in [3.05, 3.63) is 42.4 Å². The van der Waals surface area contributed by atoms with E-state index in [0.717, 1.165) is 61.6 Å². The van der Waals surface area contributed by atoms with E-state index < -0.39 is 0 Å². The standard InChI is InChI=1S/C25H29N7S/c1-24(5-6-24)29-33-19-13-21(31-11-9-30(2)10-12-31)22-15-28-23(32(22)16-19)20-4-3-18(14-27-20)25(17-26)7-8-25/h3-4,13-16,29H,5-12H2,1-2H3. The third-order valence-corrected chi connectivity index (χ3v) is 8.42. The van der Waals surface area contributed by atoms with Crippen LogP contribution in [0.15, 0.2) is 41.7 Å². The zero-order valence-electron chi connectivity index (χ0n) is 19.2. The molecule has 1 saturated heterocycles. The molecule has 33 heavy (non-hydrogen) atoms. The van der Waals surface area contributed by atoms with Crippen molar-refractivity contribution >= 4 is 23.2 Å². The molecule has 3 aromatic rings. The molecule has 1 aliphatic heterocycles. The minimum atomic E-state index is -0.316. The van der Waals surface area contributed by atoms with Crippen LogP contribution in [-0.4, -0.2) is 58.0 Å². The Bertz CT molecular complexity index is 1230. The average Bonchev–Trinajstić information content (AvgIpc) is 3.75. The van der Waals surface area contributed by atoms with Crippen molar-refractivity contribution in [1.82, 2.24) is 24.0 Å². The second-order valence-corrected chi connectivity index (χ2v) is 11.0. The molecule has 0 bridgehead atoms. The summed E-state index contributed by atoms with van der Waals surface area (Å²) in [7, 11) is 2.18. The number of likely N-dealkylation sites (N-methyl/N-ethyl adjacent to an activating group) is 1. The lowest BCUT2D eigenvalue weighted by Crippen LogP contribution is -2.44. The number of hydrogen-bond acceptors (Lipinski definition) is 7. The van der Waals surface area contributed by atoms with Crippen molar-refractivity contribution in [2.75, 3.05) is 38.1 Å². The van der Waals surface area contributed by atoms with Crippen LogP contribution in [0.4, 0.5) is 5.69 Å². The Morgan fingerprint density at radius 1 is 1.06 bits per heavy atom. The maximum absolute atomic E-state index is 9.51. The summed E-state index contributed by atoms with van der Waals surface area (Å²) in [5.74, 6) is 0.841. The zero-order valence-corrected chi connectivity index (χ0v) is 20.0. The number of pyridine rings is 2. The number of imidazole rings is 1. The van der Waals surface area contributed by atoms with Crippen molar-refractivity contribution in [3.8, 4) is 17.6 Å². The minimum absolute atomic E-state index is 0.252. The van der Waals surface area contributed by atoms with Gasteiger partial charge in [0.15, 0.2) is 5.82 Å². The summed E-state index contributed by atoms with van der Waals surface area (Å²) < 4.78 is 5.84. The van der Waals surface area contributed by atoms with Crippen molar-refractivity contribution in [3.63, 3.8) is 0 Å². The summed E-state index contributed by atoms with van der Waals surface area (Å²) in [5, 5.41) is 9.51. The normalized spacial score (nSPS) is 21.2. The molecule has 2 aliphatic carbocycles. The molecule has 3 fully saturated rings. The van der Waals surface area contributed by atoms with Crippen molar-refractivity contribution in [1.29, 1.82) is 5.26 Å². The molecule has 4 heterocycles. The molecular weight excluding hydrogens is 430 g/mol. The van der Waals surface area contributed by atoms with E-state index in [2.05, 4.69) is 57.3 Å². The van der Waals surface area contributed by atoms with E-state index in [1.807, 2.05) is 18.5 Å². The lowest BCUT2D eigenvalue weighted by atomic mass is 10.00. The van der Waals surface area contributed by atoms with Gasteiger partial charge in [-0.2, -0.15) is 5.26 Å². The van der Waals surface area contributed by atoms with Gasteiger partial charge >= 0.3 is 0 Å². The smallest absolute Gasteiger partial charge is 0.163 e. The van der Waals surface area contributed by atoms with Crippen LogP contribution in [0.3, 0.4) is 0 Å². The molecule has 0 aromatic carbocycles. The topological polar surface area (TPSA) is 72.5 Å². The van der Waals surface area contributed by atoms with Crippen LogP contribution >= 0.6 is 11.9 Å². The van der Waals surface area contributed by atoms with Crippen LogP contribution < -0.4 is 9.62 Å². The first-order chi connectivity index (χ1) is 16.0. The first-order valence-corrected chi connectivity index (χ1v) is 12.6. The molecule has 2 saturated carbocycles. The summed E-state index contributed by atoms with van der Waals surface area (Å²) >= 11 is 1.72. The van der Waals surface area contributed by atoms with E-state index in [4.69, 9.17) is 9.97 Å². The van der Waals surface area contributed by atoms with Gasteiger partial charge < -0.3 is 9.80 Å². The highest BCUT2D eigenvalue weighted by molar-refractivity contribution is 7.97. The summed E-state index contributed by atoms with van der Waals surface area (Å²) in [5.41, 5.74) is 4.13. The van der Waals surface area contributed by atoms with Gasteiger partial charge in [-0.25, -0.2) is 4.98 Å². The third-order valence-electron chi connectivity index (χ3n) is 7.36. The van der Waals surface area contributed by atoms with E-state index in [9.17, 15) is 5.26 Å². The Hall–Kier alpha value is -2.60. The number of anilines is 1. The summed E-state index contributed by atoms with van der Waals surface area (Å²) in [6.45, 7) is 6.42. The van der Waals surface area contributed by atoms with Crippen LogP contribution in [0, 0.1) is 11.3 Å². The molecule has 6 rings (SSSR count). The highest BCUT2D eigenvalue weighted by atomic mass is 32.2. The maximum atomic E-state index is 9.51. The predicted octanol–water partition coefficient (Wildman–Crippen LogP) is 3.85. The summed E-state index contributed by atoms with van der Waals surface area (Å²) in [6.07, 6.45) is 10.3. The molecule has 3 aromatic heterocycles. The van der Waals surface area contributed by atoms with Crippen LogP contribution in [0.2, 0.25) is 0 Å². The lowest BCUT2D eigenvalue weighted by Gasteiger charge is -2.34. The molecule has 7 nitrogen and oxygen atoms in total. The number of aromatic nitrogens is 3. The molecule has 1 N–H and O–H groups in total. The van der Waals surface area contributed by atoms with Gasteiger partial charge in [-0.3, -0.25) is 14.1 Å². The highest BCUT2D eigenvalue weighted by Crippen LogP contribution is 2.47. The number of piperazine rings is 1. The molecule has 0 unspecified atom stereocenters. The number of fused-ring (bicyclic) bond motifs is 1. The number of nitrogens with one attached hydrogen (secondary N) is 1. The fraction of sp³-hybridized carbons (Fsp3) is 0.480. The SMILES string of the molecule is CN1CCN(c2cc(SNC3(C)CC3)cn3c(-c4ccc(C5(C#N)CC5)cn4)ncc23)CC1. The fourth-order valence-electron chi connectivity index (χ4n) is 4.47. The van der Waals surface area contributed by atoms with Gasteiger partial charge in [-0.1, -0.05) is 6.07 Å². The Balaban J connectivity index is 1.38. The second-order valence-electron chi connectivity index (χ2n) is 10.1.